The predicted molar refractivity (Wildman–Crippen MR) is 92.5 cm³/mol. The second-order valence-corrected chi connectivity index (χ2v) is 7.14. The average molecular weight is 364 g/mol. The molecule has 0 spiro atoms. The van der Waals surface area contributed by atoms with Crippen LogP contribution in [0.1, 0.15) is 32.8 Å². The number of nitrogens with zero attached hydrogens (tertiary/aromatic N) is 1. The summed E-state index contributed by atoms with van der Waals surface area (Å²) in [5.41, 5.74) is 0.157. The maximum atomic E-state index is 11.9. The van der Waals surface area contributed by atoms with Crippen molar-refractivity contribution in [2.45, 2.75) is 51.5 Å². The molecule has 1 aliphatic rings. The van der Waals surface area contributed by atoms with Crippen molar-refractivity contribution in [1.29, 1.82) is 0 Å². The number of amides is 2. The summed E-state index contributed by atoms with van der Waals surface area (Å²) in [6, 6.07) is 8.30. The highest BCUT2D eigenvalue weighted by Gasteiger charge is 2.38. The summed E-state index contributed by atoms with van der Waals surface area (Å²) >= 11 is 0. The van der Waals surface area contributed by atoms with E-state index in [4.69, 9.17) is 9.47 Å². The number of carboxylic acid groups (broad SMARTS) is 1. The van der Waals surface area contributed by atoms with E-state index in [1.54, 1.807) is 20.8 Å². The normalized spacial score (nSPS) is 19.6. The molecule has 1 saturated heterocycles. The number of hydrogen-bond acceptors (Lipinski definition) is 5. The van der Waals surface area contributed by atoms with E-state index in [0.29, 0.717) is 0 Å². The van der Waals surface area contributed by atoms with Gasteiger partial charge in [-0.3, -0.25) is 0 Å². The number of carbonyl (C=O) groups excluding carboxylic acids is 2. The van der Waals surface area contributed by atoms with E-state index in [9.17, 15) is 19.5 Å². The van der Waals surface area contributed by atoms with Crippen LogP contribution in [0.15, 0.2) is 30.3 Å². The summed E-state index contributed by atoms with van der Waals surface area (Å²) in [4.78, 5) is 36.4. The molecule has 26 heavy (non-hydrogen) atoms. The number of cyclic esters (lactones) is 1. The molecule has 2 amide bonds. The van der Waals surface area contributed by atoms with E-state index in [-0.39, 0.29) is 19.5 Å². The molecule has 0 saturated carbocycles. The molecule has 2 rings (SSSR count). The van der Waals surface area contributed by atoms with E-state index < -0.39 is 35.9 Å². The van der Waals surface area contributed by atoms with E-state index >= 15 is 0 Å². The Morgan fingerprint density at radius 2 is 1.96 bits per heavy atom. The van der Waals surface area contributed by atoms with Gasteiger partial charge in [-0.05, 0) is 26.3 Å². The molecule has 1 aliphatic heterocycles. The predicted octanol–water partition coefficient (Wildman–Crippen LogP) is 2.38. The third-order valence-corrected chi connectivity index (χ3v) is 3.67. The van der Waals surface area contributed by atoms with Gasteiger partial charge in [-0.1, -0.05) is 30.3 Å². The number of ether oxygens (including phenoxy) is 2. The SMILES string of the molecule is CC(C)(C)OC(=O)N[C@H]1C[C@H](CN(Cc2ccccc2)C(=O)O)OC1=O. The zero-order chi connectivity index (χ0) is 19.3. The Kier molecular flexibility index (Phi) is 6.07. The van der Waals surface area contributed by atoms with Gasteiger partial charge in [-0.25, -0.2) is 14.4 Å². The van der Waals surface area contributed by atoms with Crippen LogP contribution in [0.2, 0.25) is 0 Å². The molecule has 1 aromatic rings. The van der Waals surface area contributed by atoms with Gasteiger partial charge in [0.05, 0.1) is 6.54 Å². The second kappa shape index (κ2) is 8.07. The Morgan fingerprint density at radius 3 is 2.54 bits per heavy atom. The molecule has 0 aliphatic carbocycles. The molecule has 1 heterocycles. The third kappa shape index (κ3) is 5.94. The van der Waals surface area contributed by atoms with Gasteiger partial charge in [0.15, 0.2) is 0 Å². The lowest BCUT2D eigenvalue weighted by atomic mass is 10.1. The van der Waals surface area contributed by atoms with Gasteiger partial charge in [0.1, 0.15) is 17.7 Å². The quantitative estimate of drug-likeness (QED) is 0.777. The summed E-state index contributed by atoms with van der Waals surface area (Å²) in [6.45, 7) is 5.38. The Morgan fingerprint density at radius 1 is 1.31 bits per heavy atom. The summed E-state index contributed by atoms with van der Waals surface area (Å²) in [5, 5.41) is 11.9. The van der Waals surface area contributed by atoms with Gasteiger partial charge in [0.2, 0.25) is 0 Å². The van der Waals surface area contributed by atoms with Gasteiger partial charge < -0.3 is 24.8 Å². The van der Waals surface area contributed by atoms with Crippen molar-refractivity contribution in [3.63, 3.8) is 0 Å². The maximum absolute atomic E-state index is 11.9. The van der Waals surface area contributed by atoms with Crippen LogP contribution >= 0.6 is 0 Å². The summed E-state index contributed by atoms with van der Waals surface area (Å²) in [5.74, 6) is -0.592. The number of hydrogen-bond donors (Lipinski definition) is 2. The van der Waals surface area contributed by atoms with Crippen LogP contribution in [0.5, 0.6) is 0 Å². The van der Waals surface area contributed by atoms with E-state index in [1.807, 2.05) is 30.3 Å². The molecule has 2 atom stereocenters. The highest BCUT2D eigenvalue weighted by Crippen LogP contribution is 2.18. The van der Waals surface area contributed by atoms with Crippen molar-refractivity contribution >= 4 is 18.2 Å². The minimum atomic E-state index is -1.10. The first-order valence-electron chi connectivity index (χ1n) is 8.36. The Bertz CT molecular complexity index is 655. The van der Waals surface area contributed by atoms with Crippen molar-refractivity contribution in [3.8, 4) is 0 Å². The standard InChI is InChI=1S/C18H24N2O6/c1-18(2,3)26-16(22)19-14-9-13(25-15(14)21)11-20(17(23)24)10-12-7-5-4-6-8-12/h4-8,13-14H,9-11H2,1-3H3,(H,19,22)(H,23,24)/t13-,14+/m1/s1. The number of alkyl carbamates (subject to hydrolysis) is 1. The molecule has 0 radical (unpaired) electrons. The number of rotatable bonds is 5. The maximum Gasteiger partial charge on any atom is 0.408 e. The van der Waals surface area contributed by atoms with Crippen LogP contribution in [-0.2, 0) is 20.8 Å². The molecule has 8 nitrogen and oxygen atoms in total. The highest BCUT2D eigenvalue weighted by atomic mass is 16.6. The number of carbonyl (C=O) groups is 3. The summed E-state index contributed by atoms with van der Waals surface area (Å²) < 4.78 is 10.3. The molecule has 1 fully saturated rings. The van der Waals surface area contributed by atoms with Crippen LogP contribution in [-0.4, -0.2) is 52.5 Å². The van der Waals surface area contributed by atoms with Crippen molar-refractivity contribution in [2.24, 2.45) is 0 Å². The highest BCUT2D eigenvalue weighted by molar-refractivity contribution is 5.83. The molecule has 0 bridgehead atoms. The first kappa shape index (κ1) is 19.6. The Hall–Kier alpha value is -2.77. The summed E-state index contributed by atoms with van der Waals surface area (Å²) in [6.07, 6.45) is -2.24. The van der Waals surface area contributed by atoms with Crippen LogP contribution in [0.25, 0.3) is 0 Å². The van der Waals surface area contributed by atoms with Crippen LogP contribution in [0.3, 0.4) is 0 Å². The fourth-order valence-electron chi connectivity index (χ4n) is 2.59. The first-order chi connectivity index (χ1) is 12.1. The minimum absolute atomic E-state index is 0.0302. The lowest BCUT2D eigenvalue weighted by molar-refractivity contribution is -0.143. The number of esters is 1. The van der Waals surface area contributed by atoms with Crippen molar-refractivity contribution in [3.05, 3.63) is 35.9 Å². The second-order valence-electron chi connectivity index (χ2n) is 7.14. The van der Waals surface area contributed by atoms with Crippen molar-refractivity contribution in [2.75, 3.05) is 6.54 Å². The molecule has 142 valence electrons. The smallest absolute Gasteiger partial charge is 0.408 e. The van der Waals surface area contributed by atoms with Crippen LogP contribution in [0.4, 0.5) is 9.59 Å². The first-order valence-corrected chi connectivity index (χ1v) is 8.36. The molecule has 2 N–H and O–H groups in total. The number of benzene rings is 1. The largest absolute Gasteiger partial charge is 0.465 e. The van der Waals surface area contributed by atoms with Gasteiger partial charge in [0.25, 0.3) is 0 Å². The van der Waals surface area contributed by atoms with Crippen LogP contribution in [0, 0.1) is 0 Å². The van der Waals surface area contributed by atoms with Crippen molar-refractivity contribution in [1.82, 2.24) is 10.2 Å². The monoisotopic (exact) mass is 364 g/mol. The van der Waals surface area contributed by atoms with Gasteiger partial charge in [0, 0.05) is 13.0 Å². The van der Waals surface area contributed by atoms with Crippen molar-refractivity contribution < 1.29 is 29.0 Å². The zero-order valence-corrected chi connectivity index (χ0v) is 15.1. The Balaban J connectivity index is 1.92. The molecular formula is C18H24N2O6. The minimum Gasteiger partial charge on any atom is -0.465 e. The molecular weight excluding hydrogens is 340 g/mol. The Labute approximate surface area is 152 Å². The van der Waals surface area contributed by atoms with E-state index in [1.165, 1.54) is 4.90 Å². The lowest BCUT2D eigenvalue weighted by Gasteiger charge is -2.22. The fourth-order valence-corrected chi connectivity index (χ4v) is 2.59. The third-order valence-electron chi connectivity index (χ3n) is 3.67. The molecule has 0 unspecified atom stereocenters. The lowest BCUT2D eigenvalue weighted by Crippen LogP contribution is -2.41. The number of nitrogens with one attached hydrogen (secondary N) is 1. The van der Waals surface area contributed by atoms with E-state index in [0.717, 1.165) is 5.56 Å². The van der Waals surface area contributed by atoms with Gasteiger partial charge in [-0.2, -0.15) is 0 Å². The fraction of sp³-hybridized carbons (Fsp3) is 0.500. The van der Waals surface area contributed by atoms with E-state index in [2.05, 4.69) is 5.32 Å². The zero-order valence-electron chi connectivity index (χ0n) is 15.1. The van der Waals surface area contributed by atoms with Crippen LogP contribution < -0.4 is 5.32 Å². The molecule has 1 aromatic carbocycles. The summed E-state index contributed by atoms with van der Waals surface area (Å²) in [7, 11) is 0. The van der Waals surface area contributed by atoms with Gasteiger partial charge >= 0.3 is 18.2 Å². The topological polar surface area (TPSA) is 105 Å². The molecule has 0 aromatic heterocycles. The van der Waals surface area contributed by atoms with Gasteiger partial charge in [-0.15, -0.1) is 0 Å². The molecule has 8 heteroatoms. The average Bonchev–Trinajstić information content (AvgIpc) is 2.85.